The third-order valence-electron chi connectivity index (χ3n) is 17.2. The summed E-state index contributed by atoms with van der Waals surface area (Å²) in [7, 11) is 0. The highest BCUT2D eigenvalue weighted by molar-refractivity contribution is 6.03. The highest BCUT2D eigenvalue weighted by atomic mass is 19.1. The third-order valence-corrected chi connectivity index (χ3v) is 17.2. The zero-order valence-corrected chi connectivity index (χ0v) is 45.1. The first-order chi connectivity index (χ1) is 39.0. The lowest BCUT2D eigenvalue weighted by molar-refractivity contribution is -0.141. The molecule has 12 rings (SSSR count). The number of hydrogen-bond acceptors (Lipinski definition) is 14. The van der Waals surface area contributed by atoms with Gasteiger partial charge in [-0.15, -0.1) is 6.42 Å². The van der Waals surface area contributed by atoms with E-state index in [0.717, 1.165) is 51.9 Å². The van der Waals surface area contributed by atoms with Crippen molar-refractivity contribution in [3.8, 4) is 46.5 Å². The first-order valence-corrected chi connectivity index (χ1v) is 27.7. The highest BCUT2D eigenvalue weighted by Gasteiger charge is 2.47. The van der Waals surface area contributed by atoms with Crippen molar-refractivity contribution in [1.29, 1.82) is 0 Å². The van der Waals surface area contributed by atoms with E-state index in [1.165, 1.54) is 53.6 Å². The van der Waals surface area contributed by atoms with Crippen LogP contribution in [0, 0.1) is 46.9 Å². The van der Waals surface area contributed by atoms with E-state index in [2.05, 4.69) is 46.4 Å². The van der Waals surface area contributed by atoms with Gasteiger partial charge in [-0.3, -0.25) is 19.5 Å². The Morgan fingerprint density at radius 3 is 2.36 bits per heavy atom. The molecule has 0 saturated carbocycles. The molecule has 5 saturated heterocycles. The highest BCUT2D eigenvalue weighted by Crippen LogP contribution is 2.44. The average molecular weight is 1110 g/mol. The standard InChI is InChI=1S/C61H62F4N10O6/c1-5-42-45(62)16-13-37-23-40(76)24-43(52(37)42)55-54(65)56-44(27-66-55)57(73-28-38-14-15-39(29-73)68-38)70-60(69-56)80-22-21-72-19-17-61(18-20-72)31-74(32-61)50-26-49(81-71-50)51(33(2)3)59(79)75-30-41(77)25-48(75)58(78)67-34(4)35-9-11-36(12-10-35)53-46(63)7-6-8-47(53)64/h1,6-13,16,23-24,26-27,33-34,38-39,41,48,51,68,76-77H,14-15,17-22,25,28-32H2,2-4H3,(H,67,78)/t34-,38?,39?,41+,48-,51+/m0/s1. The second kappa shape index (κ2) is 21.6. The lowest BCUT2D eigenvalue weighted by Crippen LogP contribution is -2.60. The zero-order valence-electron chi connectivity index (χ0n) is 45.1. The van der Waals surface area contributed by atoms with Crippen molar-refractivity contribution in [1.82, 2.24) is 40.5 Å². The molecule has 5 aliphatic rings. The Morgan fingerprint density at radius 1 is 0.926 bits per heavy atom. The van der Waals surface area contributed by atoms with Crippen molar-refractivity contribution in [3.05, 3.63) is 119 Å². The number of halogens is 4. The summed E-state index contributed by atoms with van der Waals surface area (Å²) in [4.78, 5) is 50.4. The summed E-state index contributed by atoms with van der Waals surface area (Å²) in [6.45, 7) is 10.9. The van der Waals surface area contributed by atoms with E-state index in [4.69, 9.17) is 20.7 Å². The molecule has 16 nitrogen and oxygen atoms in total. The number of pyridine rings is 1. The summed E-state index contributed by atoms with van der Waals surface area (Å²) < 4.78 is 73.3. The number of piperazine rings is 1. The van der Waals surface area contributed by atoms with Gasteiger partial charge < -0.3 is 44.8 Å². The molecule has 5 aliphatic heterocycles. The zero-order chi connectivity index (χ0) is 56.4. The maximum Gasteiger partial charge on any atom is 0.319 e. The number of carbonyl (C=O) groups excluding carboxylic acids is 2. The topological polar surface area (TPSA) is 186 Å². The number of fused-ring (bicyclic) bond motifs is 4. The van der Waals surface area contributed by atoms with Gasteiger partial charge in [0.1, 0.15) is 58.8 Å². The van der Waals surface area contributed by atoms with Gasteiger partial charge in [0, 0.05) is 86.4 Å². The molecule has 5 fully saturated rings. The molecule has 7 aromatic rings. The van der Waals surface area contributed by atoms with Gasteiger partial charge in [-0.2, -0.15) is 9.97 Å². The molecule has 2 amide bonds. The number of anilines is 2. The summed E-state index contributed by atoms with van der Waals surface area (Å²) in [6, 6.07) is 16.6. The number of nitrogens with zero attached hydrogens (tertiary/aromatic N) is 8. The number of phenols is 1. The SMILES string of the molecule is C#Cc1c(F)ccc2cc(O)cc(-c3ncc4c(N5CC6CCC(C5)N6)nc(OCCN5CCC6(CC5)CN(c5cc([C@H](C(=O)N7C[C@H](O)C[C@H]7C(=O)N[C@@H](C)c7ccc(-c8c(F)cccc8F)cc7)C(C)C)on5)C6)nc4c3F)c12. The van der Waals surface area contributed by atoms with Gasteiger partial charge in [-0.25, -0.2) is 17.6 Å². The van der Waals surface area contributed by atoms with Crippen LogP contribution in [-0.2, 0) is 9.59 Å². The van der Waals surface area contributed by atoms with Gasteiger partial charge in [0.25, 0.3) is 0 Å². The molecule has 4 N–H and O–H groups in total. The number of amides is 2. The van der Waals surface area contributed by atoms with E-state index in [1.807, 2.05) is 19.9 Å². The fourth-order valence-electron chi connectivity index (χ4n) is 12.9. The quantitative estimate of drug-likeness (QED) is 0.0603. The van der Waals surface area contributed by atoms with E-state index in [-0.39, 0.29) is 93.9 Å². The van der Waals surface area contributed by atoms with Gasteiger partial charge in [0.05, 0.1) is 28.7 Å². The second-order valence-electron chi connectivity index (χ2n) is 22.9. The van der Waals surface area contributed by atoms with Gasteiger partial charge in [0.15, 0.2) is 17.4 Å². The Kier molecular flexibility index (Phi) is 14.3. The molecule has 420 valence electrons. The summed E-state index contributed by atoms with van der Waals surface area (Å²) in [6.07, 6.45) is 10.3. The summed E-state index contributed by atoms with van der Waals surface area (Å²) in [5, 5.41) is 33.6. The number of benzene rings is 4. The number of aliphatic hydroxyl groups is 1. The van der Waals surface area contributed by atoms with Crippen molar-refractivity contribution < 1.29 is 46.6 Å². The van der Waals surface area contributed by atoms with E-state index in [9.17, 15) is 28.6 Å². The first kappa shape index (κ1) is 53.8. The molecule has 8 heterocycles. The van der Waals surface area contributed by atoms with Gasteiger partial charge >= 0.3 is 6.01 Å². The largest absolute Gasteiger partial charge is 0.508 e. The van der Waals surface area contributed by atoms with Crippen LogP contribution in [0.2, 0.25) is 0 Å². The Morgan fingerprint density at radius 2 is 1.65 bits per heavy atom. The monoisotopic (exact) mass is 1110 g/mol. The summed E-state index contributed by atoms with van der Waals surface area (Å²) >= 11 is 0. The van der Waals surface area contributed by atoms with Crippen LogP contribution in [0.4, 0.5) is 29.2 Å². The molecular formula is C61H62F4N10O6. The molecule has 0 aliphatic carbocycles. The normalized spacial score (nSPS) is 21.4. The Bertz CT molecular complexity index is 3580. The number of hydrogen-bond donors (Lipinski definition) is 4. The molecule has 1 spiro atoms. The van der Waals surface area contributed by atoms with Crippen molar-refractivity contribution in [3.63, 3.8) is 0 Å². The minimum Gasteiger partial charge on any atom is -0.508 e. The van der Waals surface area contributed by atoms with Gasteiger partial charge in [0.2, 0.25) is 11.8 Å². The van der Waals surface area contributed by atoms with Crippen molar-refractivity contribution in [2.75, 3.05) is 68.8 Å². The molecule has 20 heteroatoms. The van der Waals surface area contributed by atoms with Crippen LogP contribution in [0.1, 0.15) is 81.7 Å². The van der Waals surface area contributed by atoms with Crippen LogP contribution < -0.4 is 25.2 Å². The maximum atomic E-state index is 17.1. The maximum absolute atomic E-state index is 17.1. The van der Waals surface area contributed by atoms with Crippen molar-refractivity contribution in [2.45, 2.75) is 89.1 Å². The minimum absolute atomic E-state index is 0.0157. The Balaban J connectivity index is 0.676. The number of likely N-dealkylation sites (tertiary alicyclic amines) is 2. The number of rotatable bonds is 14. The van der Waals surface area contributed by atoms with Crippen LogP contribution in [-0.4, -0.2) is 135 Å². The Hall–Kier alpha value is -7.86. The van der Waals surface area contributed by atoms with Crippen molar-refractivity contribution in [2.24, 2.45) is 11.3 Å². The first-order valence-electron chi connectivity index (χ1n) is 27.7. The lowest BCUT2D eigenvalue weighted by Gasteiger charge is -2.54. The number of ether oxygens (including phenoxy) is 1. The molecule has 4 aromatic carbocycles. The van der Waals surface area contributed by atoms with Crippen LogP contribution in [0.15, 0.2) is 83.5 Å². The average Bonchev–Trinajstić information content (AvgIpc) is 4.24. The van der Waals surface area contributed by atoms with E-state index in [0.29, 0.717) is 58.9 Å². The predicted octanol–water partition coefficient (Wildman–Crippen LogP) is 8.24. The number of aliphatic hydroxyl groups excluding tert-OH is 1. The molecule has 0 radical (unpaired) electrons. The van der Waals surface area contributed by atoms with Crippen LogP contribution in [0.25, 0.3) is 44.1 Å². The van der Waals surface area contributed by atoms with Crippen LogP contribution in [0.3, 0.4) is 0 Å². The molecule has 6 atom stereocenters. The predicted molar refractivity (Wildman–Crippen MR) is 296 cm³/mol. The van der Waals surface area contributed by atoms with Crippen LogP contribution in [0.5, 0.6) is 11.8 Å². The minimum atomic E-state index is -0.940. The molecule has 3 aromatic heterocycles. The Labute approximate surface area is 465 Å². The summed E-state index contributed by atoms with van der Waals surface area (Å²) in [5.41, 5.74) is 0.872. The van der Waals surface area contributed by atoms with Crippen molar-refractivity contribution >= 4 is 45.1 Å². The number of carbonyl (C=O) groups is 2. The van der Waals surface area contributed by atoms with Gasteiger partial charge in [-0.05, 0) is 98.5 Å². The number of aromatic nitrogens is 4. The second-order valence-corrected chi connectivity index (χ2v) is 22.9. The van der Waals surface area contributed by atoms with E-state index >= 15 is 8.78 Å². The number of β-amino-alcohol motifs (C(OH)–C–C–N with tert-alkyl or cyclic N) is 1. The number of piperidine rings is 1. The van der Waals surface area contributed by atoms with Gasteiger partial charge in [-0.1, -0.05) is 61.3 Å². The summed E-state index contributed by atoms with van der Waals surface area (Å²) in [5.74, 6) is -0.819. The number of aromatic hydroxyl groups is 1. The number of terminal acetylenes is 1. The molecule has 81 heavy (non-hydrogen) atoms. The van der Waals surface area contributed by atoms with E-state index < -0.39 is 53.3 Å². The van der Waals surface area contributed by atoms with Crippen LogP contribution >= 0.6 is 0 Å². The molecular weight excluding hydrogens is 1040 g/mol. The lowest BCUT2D eigenvalue weighted by atomic mass is 9.72. The fourth-order valence-corrected chi connectivity index (χ4v) is 12.9. The van der Waals surface area contributed by atoms with E-state index in [1.54, 1.807) is 31.2 Å². The number of phenolic OH excluding ortho intramolecular Hbond substituents is 1. The third kappa shape index (κ3) is 10.2. The molecule has 2 unspecified atom stereocenters. The smallest absolute Gasteiger partial charge is 0.319 e. The number of nitrogens with one attached hydrogen (secondary N) is 2. The fraction of sp³-hybridized carbons (Fsp3) is 0.410. The molecule has 2 bridgehead atoms.